The Hall–Kier alpha value is -2.28. The Balaban J connectivity index is 2.10. The minimum atomic E-state index is -1.21. The molecule has 3 rings (SSSR count). The maximum absolute atomic E-state index is 12.9. The van der Waals surface area contributed by atoms with Gasteiger partial charge in [0.1, 0.15) is 11.1 Å². The Kier molecular flexibility index (Phi) is 3.68. The van der Waals surface area contributed by atoms with Gasteiger partial charge < -0.3 is 10.4 Å². The molecule has 7 heteroatoms. The van der Waals surface area contributed by atoms with Gasteiger partial charge in [0.15, 0.2) is 5.54 Å². The number of β-lactam (4-membered cyclic amide) rings is 1. The van der Waals surface area contributed by atoms with Gasteiger partial charge in [-0.2, -0.15) is 0 Å². The van der Waals surface area contributed by atoms with Gasteiger partial charge in [0.2, 0.25) is 5.91 Å². The Bertz CT molecular complexity index is 731. The van der Waals surface area contributed by atoms with Crippen LogP contribution in [0.5, 0.6) is 0 Å². The summed E-state index contributed by atoms with van der Waals surface area (Å²) in [4.78, 5) is 37.4. The molecule has 0 spiro atoms. The average molecular weight is 332 g/mol. The number of nitrogens with zero attached hydrogens (tertiary/aromatic N) is 1. The van der Waals surface area contributed by atoms with Crippen LogP contribution in [0.4, 0.5) is 0 Å². The zero-order chi connectivity index (χ0) is 16.8. The molecule has 0 unspecified atom stereocenters. The Morgan fingerprint density at radius 1 is 1.35 bits per heavy atom. The van der Waals surface area contributed by atoms with Gasteiger partial charge in [-0.15, -0.1) is 11.8 Å². The lowest BCUT2D eigenvalue weighted by atomic mass is 9.79. The number of amides is 2. The van der Waals surface area contributed by atoms with Gasteiger partial charge in [0, 0.05) is 12.7 Å². The second-order valence-corrected chi connectivity index (χ2v) is 6.70. The first-order valence-corrected chi connectivity index (χ1v) is 8.17. The fraction of sp³-hybridized carbons (Fsp3) is 0.312. The monoisotopic (exact) mass is 332 g/mol. The van der Waals surface area contributed by atoms with Gasteiger partial charge in [-0.05, 0) is 18.1 Å². The number of hydrogen-bond acceptors (Lipinski definition) is 4. The molecule has 2 heterocycles. The molecule has 0 saturated carbocycles. The minimum absolute atomic E-state index is 0.0238. The van der Waals surface area contributed by atoms with Crippen LogP contribution < -0.4 is 5.32 Å². The van der Waals surface area contributed by atoms with E-state index in [0.717, 1.165) is 0 Å². The number of carbonyl (C=O) groups excluding carboxylic acids is 2. The molecule has 120 valence electrons. The number of hydrogen-bond donors (Lipinski definition) is 2. The first kappa shape index (κ1) is 15.6. The zero-order valence-corrected chi connectivity index (χ0v) is 13.5. The third kappa shape index (κ3) is 2.15. The first-order chi connectivity index (χ1) is 10.9. The zero-order valence-electron chi connectivity index (χ0n) is 12.7. The number of carboxylic acids is 1. The van der Waals surface area contributed by atoms with Crippen molar-refractivity contribution in [3.05, 3.63) is 47.2 Å². The van der Waals surface area contributed by atoms with Crippen LogP contribution in [0.2, 0.25) is 0 Å². The van der Waals surface area contributed by atoms with Gasteiger partial charge in [-0.1, -0.05) is 30.3 Å². The molecule has 0 radical (unpaired) electrons. The normalized spacial score (nSPS) is 26.4. The van der Waals surface area contributed by atoms with Crippen LogP contribution in [0.3, 0.4) is 0 Å². The van der Waals surface area contributed by atoms with Crippen molar-refractivity contribution in [3.8, 4) is 0 Å². The lowest BCUT2D eigenvalue weighted by molar-refractivity contribution is -0.160. The standard InChI is InChI=1S/C16H16N2O4S/c1-9-8-23-15-16(17-10(2)19,11-6-4-3-5-7-11)14(22)18(15)12(9)13(20)21/h3-7,15H,8H2,1-2H3,(H,17,19)(H,20,21)/t15-,16-/m0/s1. The number of carboxylic acid groups (broad SMARTS) is 1. The predicted octanol–water partition coefficient (Wildman–Crippen LogP) is 1.29. The van der Waals surface area contributed by atoms with Crippen LogP contribution in [-0.4, -0.2) is 38.9 Å². The lowest BCUT2D eigenvalue weighted by Gasteiger charge is -2.57. The van der Waals surface area contributed by atoms with E-state index in [0.29, 0.717) is 16.9 Å². The molecule has 2 N–H and O–H groups in total. The van der Waals surface area contributed by atoms with Crippen molar-refractivity contribution >= 4 is 29.5 Å². The molecule has 1 fully saturated rings. The molecule has 0 aliphatic carbocycles. The second kappa shape index (κ2) is 5.42. The van der Waals surface area contributed by atoms with E-state index < -0.39 is 22.8 Å². The highest BCUT2D eigenvalue weighted by molar-refractivity contribution is 8.00. The number of fused-ring (bicyclic) bond motifs is 1. The molecule has 2 atom stereocenters. The minimum Gasteiger partial charge on any atom is -0.477 e. The van der Waals surface area contributed by atoms with Gasteiger partial charge in [-0.3, -0.25) is 14.5 Å². The van der Waals surface area contributed by atoms with Crippen molar-refractivity contribution in [1.29, 1.82) is 0 Å². The summed E-state index contributed by atoms with van der Waals surface area (Å²) < 4.78 is 0. The van der Waals surface area contributed by atoms with Gasteiger partial charge >= 0.3 is 5.97 Å². The second-order valence-electron chi connectivity index (χ2n) is 5.63. The van der Waals surface area contributed by atoms with Crippen LogP contribution >= 0.6 is 11.8 Å². The van der Waals surface area contributed by atoms with E-state index in [4.69, 9.17) is 0 Å². The molecule has 6 nitrogen and oxygen atoms in total. The molecule has 0 bridgehead atoms. The smallest absolute Gasteiger partial charge is 0.352 e. The SMILES string of the molecule is CC(=O)N[C@@]1(c2ccccc2)C(=O)N2C(C(=O)O)=C(C)CS[C@H]21. The molecule has 2 aliphatic heterocycles. The topological polar surface area (TPSA) is 86.7 Å². The highest BCUT2D eigenvalue weighted by Crippen LogP contribution is 2.51. The third-order valence-electron chi connectivity index (χ3n) is 4.07. The number of aliphatic carboxylic acids is 1. The molecular formula is C16H16N2O4S. The highest BCUT2D eigenvalue weighted by Gasteiger charge is 2.65. The molecule has 1 saturated heterocycles. The fourth-order valence-corrected chi connectivity index (χ4v) is 4.58. The van der Waals surface area contributed by atoms with Crippen LogP contribution in [0, 0.1) is 0 Å². The van der Waals surface area contributed by atoms with E-state index in [1.54, 1.807) is 31.2 Å². The number of thioether (sulfide) groups is 1. The number of carbonyl (C=O) groups is 3. The molecule has 2 amide bonds. The van der Waals surface area contributed by atoms with Crippen molar-refractivity contribution < 1.29 is 19.5 Å². The van der Waals surface area contributed by atoms with Crippen molar-refractivity contribution in [2.45, 2.75) is 24.8 Å². The van der Waals surface area contributed by atoms with Crippen molar-refractivity contribution in [2.24, 2.45) is 0 Å². The van der Waals surface area contributed by atoms with Gasteiger partial charge in [0.25, 0.3) is 5.91 Å². The largest absolute Gasteiger partial charge is 0.477 e. The Morgan fingerprint density at radius 2 is 2.00 bits per heavy atom. The lowest BCUT2D eigenvalue weighted by Crippen LogP contribution is -2.77. The van der Waals surface area contributed by atoms with E-state index in [9.17, 15) is 19.5 Å². The van der Waals surface area contributed by atoms with Crippen LogP contribution in [-0.2, 0) is 19.9 Å². The Morgan fingerprint density at radius 3 is 2.57 bits per heavy atom. The van der Waals surface area contributed by atoms with E-state index in [-0.39, 0.29) is 11.6 Å². The summed E-state index contributed by atoms with van der Waals surface area (Å²) in [6.45, 7) is 3.06. The number of nitrogens with one attached hydrogen (secondary N) is 1. The predicted molar refractivity (Wildman–Crippen MR) is 85.4 cm³/mol. The van der Waals surface area contributed by atoms with Gasteiger partial charge in [0.05, 0.1) is 0 Å². The molecule has 1 aromatic rings. The van der Waals surface area contributed by atoms with E-state index in [1.807, 2.05) is 6.07 Å². The molecule has 23 heavy (non-hydrogen) atoms. The number of rotatable bonds is 3. The van der Waals surface area contributed by atoms with Crippen molar-refractivity contribution in [3.63, 3.8) is 0 Å². The summed E-state index contributed by atoms with van der Waals surface area (Å²) in [6.07, 6.45) is 0. The molecule has 2 aliphatic rings. The van der Waals surface area contributed by atoms with Crippen molar-refractivity contribution in [2.75, 3.05) is 5.75 Å². The fourth-order valence-electron chi connectivity index (χ4n) is 3.14. The van der Waals surface area contributed by atoms with E-state index in [1.165, 1.54) is 23.6 Å². The van der Waals surface area contributed by atoms with E-state index >= 15 is 0 Å². The molecule has 1 aromatic carbocycles. The van der Waals surface area contributed by atoms with Gasteiger partial charge in [-0.25, -0.2) is 4.79 Å². The van der Waals surface area contributed by atoms with Crippen LogP contribution in [0.25, 0.3) is 0 Å². The Labute approximate surface area is 137 Å². The third-order valence-corrected chi connectivity index (χ3v) is 5.55. The molecule has 0 aromatic heterocycles. The summed E-state index contributed by atoms with van der Waals surface area (Å²) in [5, 5.41) is 11.7. The van der Waals surface area contributed by atoms with Crippen molar-refractivity contribution in [1.82, 2.24) is 10.2 Å². The first-order valence-electron chi connectivity index (χ1n) is 7.12. The summed E-state index contributed by atoms with van der Waals surface area (Å²) in [6, 6.07) is 8.96. The summed E-state index contributed by atoms with van der Waals surface area (Å²) in [7, 11) is 0. The maximum atomic E-state index is 12.9. The summed E-state index contributed by atoms with van der Waals surface area (Å²) >= 11 is 1.46. The summed E-state index contributed by atoms with van der Waals surface area (Å²) in [5.74, 6) is -1.35. The van der Waals surface area contributed by atoms with E-state index in [2.05, 4.69) is 5.32 Å². The quantitative estimate of drug-likeness (QED) is 0.815. The molecular weight excluding hydrogens is 316 g/mol. The average Bonchev–Trinajstić information content (AvgIpc) is 2.52. The number of benzene rings is 1. The van der Waals surface area contributed by atoms with Crippen LogP contribution in [0.1, 0.15) is 19.4 Å². The summed E-state index contributed by atoms with van der Waals surface area (Å²) in [5.41, 5.74) is 0.129. The maximum Gasteiger partial charge on any atom is 0.352 e. The highest BCUT2D eigenvalue weighted by atomic mass is 32.2. The van der Waals surface area contributed by atoms with Crippen LogP contribution in [0.15, 0.2) is 41.6 Å².